The van der Waals surface area contributed by atoms with Gasteiger partial charge < -0.3 is 5.32 Å². The van der Waals surface area contributed by atoms with E-state index >= 15 is 0 Å². The summed E-state index contributed by atoms with van der Waals surface area (Å²) in [5.41, 5.74) is -0.804. The molecule has 0 unspecified atom stereocenters. The van der Waals surface area contributed by atoms with Gasteiger partial charge in [0, 0.05) is 5.69 Å². The van der Waals surface area contributed by atoms with Crippen LogP contribution in [0.5, 0.6) is 0 Å². The van der Waals surface area contributed by atoms with Gasteiger partial charge in [-0.3, -0.25) is 4.79 Å². The minimum Gasteiger partial charge on any atom is -0.322 e. The first-order chi connectivity index (χ1) is 9.79. The van der Waals surface area contributed by atoms with Crippen LogP contribution in [0.2, 0.25) is 0 Å². The molecular formula is C15H11F4NO. The van der Waals surface area contributed by atoms with Crippen molar-refractivity contribution in [1.82, 2.24) is 0 Å². The lowest BCUT2D eigenvalue weighted by Gasteiger charge is -2.13. The maximum absolute atomic E-state index is 13.0. The molecule has 0 saturated heterocycles. The molecule has 110 valence electrons. The highest BCUT2D eigenvalue weighted by Crippen LogP contribution is 2.32. The number of alkyl halides is 3. The van der Waals surface area contributed by atoms with E-state index in [4.69, 9.17) is 0 Å². The molecule has 21 heavy (non-hydrogen) atoms. The molecule has 0 spiro atoms. The highest BCUT2D eigenvalue weighted by Gasteiger charge is 2.34. The number of amides is 1. The number of rotatable bonds is 2. The molecule has 0 saturated carbocycles. The molecule has 0 atom stereocenters. The predicted molar refractivity (Wildman–Crippen MR) is 70.5 cm³/mol. The van der Waals surface area contributed by atoms with Crippen LogP contribution >= 0.6 is 0 Å². The van der Waals surface area contributed by atoms with Gasteiger partial charge >= 0.3 is 6.18 Å². The molecule has 2 aromatic carbocycles. The van der Waals surface area contributed by atoms with Gasteiger partial charge in [0.2, 0.25) is 0 Å². The molecule has 2 aromatic rings. The Balaban J connectivity index is 2.33. The van der Waals surface area contributed by atoms with E-state index in [2.05, 4.69) is 5.32 Å². The Labute approximate surface area is 118 Å². The van der Waals surface area contributed by atoms with Crippen LogP contribution in [0.3, 0.4) is 0 Å². The standard InChI is InChI=1S/C15H11F4NO/c1-9-8-10(16)6-7-13(9)20-14(21)11-4-2-3-5-12(11)15(17,18)19/h2-8H,1H3,(H,20,21). The minimum atomic E-state index is -4.62. The van der Waals surface area contributed by atoms with Crippen molar-refractivity contribution in [3.05, 3.63) is 65.0 Å². The van der Waals surface area contributed by atoms with Crippen LogP contribution in [0, 0.1) is 12.7 Å². The molecular weight excluding hydrogens is 286 g/mol. The van der Waals surface area contributed by atoms with E-state index < -0.39 is 29.0 Å². The van der Waals surface area contributed by atoms with Crippen molar-refractivity contribution in [2.75, 3.05) is 5.32 Å². The topological polar surface area (TPSA) is 29.1 Å². The van der Waals surface area contributed by atoms with Gasteiger partial charge in [-0.05, 0) is 42.8 Å². The Hall–Kier alpha value is -2.37. The average Bonchev–Trinajstić information content (AvgIpc) is 2.41. The second-order valence-corrected chi connectivity index (χ2v) is 4.46. The van der Waals surface area contributed by atoms with Gasteiger partial charge in [-0.2, -0.15) is 13.2 Å². The summed E-state index contributed by atoms with van der Waals surface area (Å²) in [6.45, 7) is 1.55. The first kappa shape index (κ1) is 15.0. The molecule has 0 bridgehead atoms. The van der Waals surface area contributed by atoms with Crippen molar-refractivity contribution in [3.8, 4) is 0 Å². The summed E-state index contributed by atoms with van der Waals surface area (Å²) in [6, 6.07) is 8.11. The lowest BCUT2D eigenvalue weighted by Crippen LogP contribution is -2.19. The number of aryl methyl sites for hydroxylation is 1. The Kier molecular flexibility index (Phi) is 3.97. The lowest BCUT2D eigenvalue weighted by molar-refractivity contribution is -0.137. The number of anilines is 1. The Morgan fingerprint density at radius 3 is 2.38 bits per heavy atom. The zero-order chi connectivity index (χ0) is 15.6. The zero-order valence-electron chi connectivity index (χ0n) is 11.0. The molecule has 2 nitrogen and oxygen atoms in total. The van der Waals surface area contributed by atoms with Gasteiger partial charge in [-0.15, -0.1) is 0 Å². The number of benzene rings is 2. The van der Waals surface area contributed by atoms with Crippen LogP contribution in [-0.4, -0.2) is 5.91 Å². The molecule has 0 aromatic heterocycles. The summed E-state index contributed by atoms with van der Waals surface area (Å²) in [4.78, 5) is 12.0. The molecule has 0 heterocycles. The molecule has 1 amide bonds. The summed E-state index contributed by atoms with van der Waals surface area (Å²) >= 11 is 0. The monoisotopic (exact) mass is 297 g/mol. The first-order valence-electron chi connectivity index (χ1n) is 6.03. The summed E-state index contributed by atoms with van der Waals surface area (Å²) in [5.74, 6) is -1.38. The van der Waals surface area contributed by atoms with E-state index in [0.717, 1.165) is 18.2 Å². The third-order valence-corrected chi connectivity index (χ3v) is 2.91. The molecule has 0 fully saturated rings. The second kappa shape index (κ2) is 5.55. The second-order valence-electron chi connectivity index (χ2n) is 4.46. The van der Waals surface area contributed by atoms with Crippen molar-refractivity contribution >= 4 is 11.6 Å². The van der Waals surface area contributed by atoms with Crippen LogP contribution in [0.25, 0.3) is 0 Å². The molecule has 0 radical (unpaired) electrons. The number of hydrogen-bond acceptors (Lipinski definition) is 1. The van der Waals surface area contributed by atoms with Crippen molar-refractivity contribution in [2.45, 2.75) is 13.1 Å². The Bertz CT molecular complexity index is 680. The van der Waals surface area contributed by atoms with Crippen molar-refractivity contribution in [3.63, 3.8) is 0 Å². The van der Waals surface area contributed by atoms with Crippen LogP contribution < -0.4 is 5.32 Å². The highest BCUT2D eigenvalue weighted by molar-refractivity contribution is 6.05. The minimum absolute atomic E-state index is 0.262. The molecule has 2 rings (SSSR count). The smallest absolute Gasteiger partial charge is 0.322 e. The molecule has 0 aliphatic heterocycles. The van der Waals surface area contributed by atoms with E-state index in [9.17, 15) is 22.4 Å². The van der Waals surface area contributed by atoms with E-state index in [1.165, 1.54) is 24.3 Å². The maximum atomic E-state index is 13.0. The quantitative estimate of drug-likeness (QED) is 0.818. The fourth-order valence-corrected chi connectivity index (χ4v) is 1.89. The van der Waals surface area contributed by atoms with E-state index in [1.54, 1.807) is 6.92 Å². The van der Waals surface area contributed by atoms with Crippen LogP contribution in [0.15, 0.2) is 42.5 Å². The van der Waals surface area contributed by atoms with Crippen LogP contribution in [-0.2, 0) is 6.18 Å². The van der Waals surface area contributed by atoms with Crippen molar-refractivity contribution < 1.29 is 22.4 Å². The van der Waals surface area contributed by atoms with Gasteiger partial charge in [0.05, 0.1) is 11.1 Å². The fraction of sp³-hybridized carbons (Fsp3) is 0.133. The Morgan fingerprint density at radius 2 is 1.76 bits per heavy atom. The number of halogens is 4. The normalized spacial score (nSPS) is 11.3. The SMILES string of the molecule is Cc1cc(F)ccc1NC(=O)c1ccccc1C(F)(F)F. The Morgan fingerprint density at radius 1 is 1.10 bits per heavy atom. The van der Waals surface area contributed by atoms with Gasteiger partial charge in [0.1, 0.15) is 5.82 Å². The predicted octanol–water partition coefficient (Wildman–Crippen LogP) is 4.41. The summed E-state index contributed by atoms with van der Waals surface area (Å²) in [5, 5.41) is 2.36. The first-order valence-corrected chi connectivity index (χ1v) is 6.03. The number of carbonyl (C=O) groups is 1. The molecule has 1 N–H and O–H groups in total. The average molecular weight is 297 g/mol. The van der Waals surface area contributed by atoms with Crippen molar-refractivity contribution in [2.24, 2.45) is 0 Å². The van der Waals surface area contributed by atoms with Crippen LogP contribution in [0.4, 0.5) is 23.2 Å². The summed E-state index contributed by atoms with van der Waals surface area (Å²) in [7, 11) is 0. The van der Waals surface area contributed by atoms with Gasteiger partial charge in [0.15, 0.2) is 0 Å². The highest BCUT2D eigenvalue weighted by atomic mass is 19.4. The summed E-state index contributed by atoms with van der Waals surface area (Å²) < 4.78 is 51.5. The lowest BCUT2D eigenvalue weighted by atomic mass is 10.1. The van der Waals surface area contributed by atoms with E-state index in [1.807, 2.05) is 0 Å². The van der Waals surface area contributed by atoms with Gasteiger partial charge in [-0.25, -0.2) is 4.39 Å². The molecule has 6 heteroatoms. The fourth-order valence-electron chi connectivity index (χ4n) is 1.89. The van der Waals surface area contributed by atoms with Crippen molar-refractivity contribution in [1.29, 1.82) is 0 Å². The van der Waals surface area contributed by atoms with Gasteiger partial charge in [0.25, 0.3) is 5.91 Å². The third-order valence-electron chi connectivity index (χ3n) is 2.91. The maximum Gasteiger partial charge on any atom is 0.417 e. The van der Waals surface area contributed by atoms with Crippen LogP contribution in [0.1, 0.15) is 21.5 Å². The molecule has 0 aliphatic carbocycles. The summed E-state index contributed by atoms with van der Waals surface area (Å²) in [6.07, 6.45) is -4.62. The van der Waals surface area contributed by atoms with E-state index in [0.29, 0.717) is 5.56 Å². The number of hydrogen-bond donors (Lipinski definition) is 1. The van der Waals surface area contributed by atoms with Gasteiger partial charge in [-0.1, -0.05) is 12.1 Å². The third kappa shape index (κ3) is 3.39. The van der Waals surface area contributed by atoms with E-state index in [-0.39, 0.29) is 5.69 Å². The number of nitrogens with one attached hydrogen (secondary N) is 1. The molecule has 0 aliphatic rings. The zero-order valence-corrected chi connectivity index (χ0v) is 11.0. The number of carbonyl (C=O) groups excluding carboxylic acids is 1. The largest absolute Gasteiger partial charge is 0.417 e.